The first-order valence-corrected chi connectivity index (χ1v) is 8.41. The van der Waals surface area contributed by atoms with Crippen LogP contribution in [0, 0.1) is 11.3 Å². The number of hydrogen-bond acceptors (Lipinski definition) is 3. The zero-order valence-corrected chi connectivity index (χ0v) is 13.1. The van der Waals surface area contributed by atoms with Crippen LogP contribution in [0.25, 0.3) is 0 Å². The molecule has 0 aromatic heterocycles. The maximum Gasteiger partial charge on any atom is 0.224 e. The maximum atomic E-state index is 11.4. The Labute approximate surface area is 131 Å². The second kappa shape index (κ2) is 5.27. The molecule has 2 saturated carbocycles. The van der Waals surface area contributed by atoms with Crippen LogP contribution in [0.3, 0.4) is 0 Å². The highest BCUT2D eigenvalue weighted by Crippen LogP contribution is 2.63. The van der Waals surface area contributed by atoms with Gasteiger partial charge in [0.25, 0.3) is 0 Å². The predicted molar refractivity (Wildman–Crippen MR) is 85.8 cm³/mol. The minimum Gasteiger partial charge on any atom is -0.381 e. The number of likely N-dealkylation sites (N-methyl/N-ethyl adjacent to an activating group) is 1. The molecular weight excluding hydrogens is 276 g/mol. The molecule has 22 heavy (non-hydrogen) atoms. The summed E-state index contributed by atoms with van der Waals surface area (Å²) in [4.78, 5) is 11.4. The normalized spacial score (nSPS) is 31.0. The van der Waals surface area contributed by atoms with E-state index in [1.165, 1.54) is 31.4 Å². The third-order valence-electron chi connectivity index (χ3n) is 5.96. The van der Waals surface area contributed by atoms with Crippen LogP contribution >= 0.6 is 0 Å². The average molecular weight is 300 g/mol. The topological polar surface area (TPSA) is 50.4 Å². The smallest absolute Gasteiger partial charge is 0.224 e. The summed E-state index contributed by atoms with van der Waals surface area (Å²) in [7, 11) is 1.67. The highest BCUT2D eigenvalue weighted by molar-refractivity contribution is 5.78. The van der Waals surface area contributed by atoms with Crippen LogP contribution in [0.5, 0.6) is 0 Å². The lowest BCUT2D eigenvalue weighted by Crippen LogP contribution is -2.68. The first-order chi connectivity index (χ1) is 10.7. The van der Waals surface area contributed by atoms with Crippen molar-refractivity contribution in [2.45, 2.75) is 44.2 Å². The monoisotopic (exact) mass is 300 g/mol. The lowest BCUT2D eigenvalue weighted by molar-refractivity contribution is -0.158. The number of carbonyl (C=O) groups is 1. The molecule has 0 unspecified atom stereocenters. The van der Waals surface area contributed by atoms with E-state index in [2.05, 4.69) is 22.8 Å². The van der Waals surface area contributed by atoms with Crippen molar-refractivity contribution in [3.8, 4) is 0 Å². The number of carbonyl (C=O) groups excluding carboxylic acids is 1. The molecule has 3 fully saturated rings. The van der Waals surface area contributed by atoms with E-state index in [-0.39, 0.29) is 5.91 Å². The molecule has 4 heteroatoms. The van der Waals surface area contributed by atoms with Crippen LogP contribution < -0.4 is 10.6 Å². The summed E-state index contributed by atoms with van der Waals surface area (Å²) in [5.41, 5.74) is 2.63. The summed E-state index contributed by atoms with van der Waals surface area (Å²) >= 11 is 0. The first-order valence-electron chi connectivity index (χ1n) is 8.41. The van der Waals surface area contributed by atoms with Gasteiger partial charge in [0.05, 0.1) is 12.5 Å². The molecule has 1 heterocycles. The number of rotatable bonds is 4. The van der Waals surface area contributed by atoms with Crippen LogP contribution in [-0.2, 0) is 16.0 Å². The van der Waals surface area contributed by atoms with Gasteiger partial charge >= 0.3 is 0 Å². The molecule has 2 N–H and O–H groups in total. The summed E-state index contributed by atoms with van der Waals surface area (Å²) in [6.45, 7) is 0.931. The number of benzene rings is 1. The van der Waals surface area contributed by atoms with E-state index in [4.69, 9.17) is 4.74 Å². The fraction of sp³-hybridized carbons (Fsp3) is 0.611. The minimum atomic E-state index is 0.0547. The standard InChI is InChI=1S/C18H24N2O2/c1-19-15(21)11-12-3-5-13(6-4-12)20-16-14-7-10-22-17(14)18(16)8-2-9-18/h3-6,14,16-17,20H,2,7-11H2,1H3,(H,19,21)/t14-,16-,17+/m1/s1. The SMILES string of the molecule is CNC(=O)Cc1ccc(N[C@@H]2[C@H]3CCO[C@@H]3C23CCC3)cc1. The Morgan fingerprint density at radius 1 is 1.32 bits per heavy atom. The maximum absolute atomic E-state index is 11.4. The number of ether oxygens (including phenoxy) is 1. The van der Waals surface area contributed by atoms with Gasteiger partial charge in [-0.15, -0.1) is 0 Å². The zero-order chi connectivity index (χ0) is 15.2. The van der Waals surface area contributed by atoms with Crippen molar-refractivity contribution >= 4 is 11.6 Å². The molecule has 0 bridgehead atoms. The van der Waals surface area contributed by atoms with E-state index >= 15 is 0 Å². The van der Waals surface area contributed by atoms with Crippen molar-refractivity contribution < 1.29 is 9.53 Å². The van der Waals surface area contributed by atoms with Gasteiger partial charge in [-0.25, -0.2) is 0 Å². The average Bonchev–Trinajstić information content (AvgIpc) is 2.90. The minimum absolute atomic E-state index is 0.0547. The van der Waals surface area contributed by atoms with Crippen molar-refractivity contribution in [3.63, 3.8) is 0 Å². The molecule has 4 nitrogen and oxygen atoms in total. The van der Waals surface area contributed by atoms with E-state index in [0.29, 0.717) is 29.9 Å². The molecule has 1 saturated heterocycles. The Kier molecular flexibility index (Phi) is 3.37. The summed E-state index contributed by atoms with van der Waals surface area (Å²) in [6, 6.07) is 8.87. The summed E-state index contributed by atoms with van der Waals surface area (Å²) in [6.07, 6.45) is 6.10. The molecule has 1 aliphatic heterocycles. The molecule has 1 spiro atoms. The molecule has 3 atom stereocenters. The van der Waals surface area contributed by atoms with Crippen LogP contribution in [0.4, 0.5) is 5.69 Å². The van der Waals surface area contributed by atoms with Gasteiger partial charge in [0.1, 0.15) is 0 Å². The van der Waals surface area contributed by atoms with Crippen molar-refractivity contribution in [1.82, 2.24) is 5.32 Å². The van der Waals surface area contributed by atoms with Gasteiger partial charge < -0.3 is 15.4 Å². The summed E-state index contributed by atoms with van der Waals surface area (Å²) in [5, 5.41) is 6.42. The Morgan fingerprint density at radius 2 is 2.09 bits per heavy atom. The number of anilines is 1. The van der Waals surface area contributed by atoms with Gasteiger partial charge in [-0.3, -0.25) is 4.79 Å². The van der Waals surface area contributed by atoms with Crippen molar-refractivity contribution in [2.24, 2.45) is 11.3 Å². The largest absolute Gasteiger partial charge is 0.381 e. The molecule has 1 amide bonds. The highest BCUT2D eigenvalue weighted by Gasteiger charge is 2.66. The van der Waals surface area contributed by atoms with Gasteiger partial charge in [-0.1, -0.05) is 18.6 Å². The molecule has 1 aromatic carbocycles. The zero-order valence-electron chi connectivity index (χ0n) is 13.1. The van der Waals surface area contributed by atoms with Crippen molar-refractivity contribution in [2.75, 3.05) is 19.0 Å². The van der Waals surface area contributed by atoms with E-state index in [9.17, 15) is 4.79 Å². The number of fused-ring (bicyclic) bond motifs is 2. The molecule has 1 aromatic rings. The second-order valence-corrected chi connectivity index (χ2v) is 7.00. The van der Waals surface area contributed by atoms with Crippen LogP contribution in [0.15, 0.2) is 24.3 Å². The molecule has 118 valence electrons. The predicted octanol–water partition coefficient (Wildman–Crippen LogP) is 2.34. The molecule has 2 aliphatic carbocycles. The van der Waals surface area contributed by atoms with Crippen LogP contribution in [0.2, 0.25) is 0 Å². The van der Waals surface area contributed by atoms with E-state index in [0.717, 1.165) is 12.2 Å². The van der Waals surface area contributed by atoms with E-state index < -0.39 is 0 Å². The summed E-state index contributed by atoms with van der Waals surface area (Å²) < 4.78 is 5.97. The second-order valence-electron chi connectivity index (χ2n) is 7.00. The summed E-state index contributed by atoms with van der Waals surface area (Å²) in [5.74, 6) is 0.741. The number of amides is 1. The van der Waals surface area contributed by atoms with Crippen molar-refractivity contribution in [1.29, 1.82) is 0 Å². The Morgan fingerprint density at radius 3 is 2.73 bits per heavy atom. The van der Waals surface area contributed by atoms with Gasteiger partial charge in [0.15, 0.2) is 0 Å². The third-order valence-corrected chi connectivity index (χ3v) is 5.96. The van der Waals surface area contributed by atoms with Crippen LogP contribution in [0.1, 0.15) is 31.2 Å². The Balaban J connectivity index is 1.44. The molecule has 4 rings (SSSR count). The van der Waals surface area contributed by atoms with Crippen LogP contribution in [-0.4, -0.2) is 31.7 Å². The van der Waals surface area contributed by atoms with Gasteiger partial charge in [0, 0.05) is 36.7 Å². The lowest BCUT2D eigenvalue weighted by Gasteiger charge is -2.63. The third kappa shape index (κ3) is 2.04. The van der Waals surface area contributed by atoms with E-state index in [1.807, 2.05) is 12.1 Å². The number of hydrogen-bond donors (Lipinski definition) is 2. The van der Waals surface area contributed by atoms with E-state index in [1.54, 1.807) is 7.05 Å². The van der Waals surface area contributed by atoms with Gasteiger partial charge in [-0.05, 0) is 37.0 Å². The Bertz CT molecular complexity index is 565. The number of nitrogens with one attached hydrogen (secondary N) is 2. The quantitative estimate of drug-likeness (QED) is 0.897. The first kappa shape index (κ1) is 14.1. The lowest BCUT2D eigenvalue weighted by atomic mass is 9.46. The van der Waals surface area contributed by atoms with Crippen molar-refractivity contribution in [3.05, 3.63) is 29.8 Å². The Hall–Kier alpha value is -1.55. The fourth-order valence-electron chi connectivity index (χ4n) is 4.63. The highest BCUT2D eigenvalue weighted by atomic mass is 16.5. The van der Waals surface area contributed by atoms with Gasteiger partial charge in [0.2, 0.25) is 5.91 Å². The molecule has 3 aliphatic rings. The molecular formula is C18H24N2O2. The van der Waals surface area contributed by atoms with Gasteiger partial charge in [-0.2, -0.15) is 0 Å². The fourth-order valence-corrected chi connectivity index (χ4v) is 4.63. The molecule has 0 radical (unpaired) electrons.